The maximum Gasteiger partial charge on any atom is 0.233 e. The van der Waals surface area contributed by atoms with Crippen molar-refractivity contribution in [3.05, 3.63) is 46.2 Å². The van der Waals surface area contributed by atoms with Gasteiger partial charge in [0.15, 0.2) is 18.0 Å². The highest BCUT2D eigenvalue weighted by Gasteiger charge is 2.13. The van der Waals surface area contributed by atoms with Gasteiger partial charge in [0.05, 0.1) is 4.47 Å². The number of fused-ring (bicyclic) bond motifs is 1. The number of benzene rings is 1. The molecule has 0 bridgehead atoms. The van der Waals surface area contributed by atoms with Gasteiger partial charge in [0.2, 0.25) is 5.89 Å². The second-order valence-corrected chi connectivity index (χ2v) is 5.96. The van der Waals surface area contributed by atoms with Crippen LogP contribution in [0.2, 0.25) is 5.02 Å². The third kappa shape index (κ3) is 2.72. The molecule has 3 rings (SSSR count). The van der Waals surface area contributed by atoms with E-state index in [1.807, 2.05) is 30.6 Å². The topological polar surface area (TPSA) is 29.9 Å². The molecule has 102 valence electrons. The molecule has 0 amide bonds. The van der Waals surface area contributed by atoms with Crippen molar-refractivity contribution in [1.82, 2.24) is 4.98 Å². The van der Waals surface area contributed by atoms with E-state index in [2.05, 4.69) is 32.4 Å². The highest BCUT2D eigenvalue weighted by atomic mass is 79.9. The molecule has 0 unspecified atom stereocenters. The second kappa shape index (κ2) is 5.54. The number of halogens is 2. The van der Waals surface area contributed by atoms with Gasteiger partial charge in [-0.3, -0.25) is 0 Å². The van der Waals surface area contributed by atoms with Crippen LogP contribution >= 0.6 is 27.5 Å². The summed E-state index contributed by atoms with van der Waals surface area (Å²) >= 11 is 9.50. The van der Waals surface area contributed by atoms with Crippen LogP contribution in [0.3, 0.4) is 0 Å². The van der Waals surface area contributed by atoms with Crippen LogP contribution in [-0.4, -0.2) is 4.98 Å². The minimum absolute atomic E-state index is 0.605. The monoisotopic (exact) mass is 351 g/mol. The number of aromatic nitrogens is 2. The van der Waals surface area contributed by atoms with Gasteiger partial charge in [-0.2, -0.15) is 0 Å². The summed E-state index contributed by atoms with van der Waals surface area (Å²) in [6.45, 7) is 3.10. The van der Waals surface area contributed by atoms with Crippen molar-refractivity contribution in [2.24, 2.45) is 0 Å². The lowest BCUT2D eigenvalue weighted by Gasteiger charge is -1.98. The van der Waals surface area contributed by atoms with Gasteiger partial charge in [-0.15, -0.1) is 0 Å². The fourth-order valence-corrected chi connectivity index (χ4v) is 2.80. The standard InChI is InChI=1S/C15H13BrClN2O/c1-2-5-19-8-10(6-11(16)9-19)15-18-13-7-12(17)3-4-14(13)20-15/h3-4,6-9H,2,5H2,1H3/q+1. The number of pyridine rings is 1. The Hall–Kier alpha value is -1.39. The SMILES string of the molecule is CCC[n+]1cc(Br)cc(-c2nc3cc(Cl)ccc3o2)c1. The lowest BCUT2D eigenvalue weighted by Crippen LogP contribution is -2.32. The predicted octanol–water partition coefficient (Wildman–Crippen LogP) is 4.61. The number of rotatable bonds is 3. The first-order chi connectivity index (χ1) is 9.65. The molecule has 0 saturated heterocycles. The van der Waals surface area contributed by atoms with Crippen LogP contribution in [-0.2, 0) is 6.54 Å². The molecule has 0 aliphatic heterocycles. The van der Waals surface area contributed by atoms with Crippen molar-refractivity contribution >= 4 is 38.6 Å². The van der Waals surface area contributed by atoms with Crippen LogP contribution < -0.4 is 4.57 Å². The Kier molecular flexibility index (Phi) is 3.76. The van der Waals surface area contributed by atoms with E-state index in [9.17, 15) is 0 Å². The molecule has 0 spiro atoms. The molecule has 5 heteroatoms. The molecule has 0 aliphatic rings. The zero-order valence-electron chi connectivity index (χ0n) is 10.9. The highest BCUT2D eigenvalue weighted by molar-refractivity contribution is 9.10. The fraction of sp³-hybridized carbons (Fsp3) is 0.200. The lowest BCUT2D eigenvalue weighted by molar-refractivity contribution is -0.697. The zero-order chi connectivity index (χ0) is 14.1. The third-order valence-corrected chi connectivity index (χ3v) is 3.63. The molecule has 0 atom stereocenters. The van der Waals surface area contributed by atoms with Gasteiger partial charge >= 0.3 is 0 Å². The molecule has 0 fully saturated rings. The molecule has 3 nitrogen and oxygen atoms in total. The molecule has 2 aromatic heterocycles. The van der Waals surface area contributed by atoms with Crippen LogP contribution in [0.15, 0.2) is 45.5 Å². The predicted molar refractivity (Wildman–Crippen MR) is 82.6 cm³/mol. The summed E-state index contributed by atoms with van der Waals surface area (Å²) in [5.74, 6) is 0.605. The van der Waals surface area contributed by atoms with Crippen LogP contribution in [0, 0.1) is 0 Å². The molecule has 0 aliphatic carbocycles. The molecule has 0 N–H and O–H groups in total. The summed E-state index contributed by atoms with van der Waals surface area (Å²) in [4.78, 5) is 4.50. The van der Waals surface area contributed by atoms with Gasteiger partial charge in [-0.1, -0.05) is 18.5 Å². The minimum atomic E-state index is 0.605. The number of nitrogens with zero attached hydrogens (tertiary/aromatic N) is 2. The van der Waals surface area contributed by atoms with Crippen molar-refractivity contribution in [2.45, 2.75) is 19.9 Å². The average molecular weight is 353 g/mol. The number of aryl methyl sites for hydroxylation is 1. The average Bonchev–Trinajstić information content (AvgIpc) is 2.81. The Bertz CT molecular complexity index is 770. The Morgan fingerprint density at radius 1 is 1.30 bits per heavy atom. The smallest absolute Gasteiger partial charge is 0.233 e. The Morgan fingerprint density at radius 3 is 2.95 bits per heavy atom. The fourth-order valence-electron chi connectivity index (χ4n) is 2.13. The van der Waals surface area contributed by atoms with Gasteiger partial charge in [0.25, 0.3) is 0 Å². The van der Waals surface area contributed by atoms with Crippen molar-refractivity contribution in [2.75, 3.05) is 0 Å². The molecule has 0 radical (unpaired) electrons. The van der Waals surface area contributed by atoms with Crippen molar-refractivity contribution < 1.29 is 8.98 Å². The van der Waals surface area contributed by atoms with Crippen LogP contribution in [0.1, 0.15) is 13.3 Å². The van der Waals surface area contributed by atoms with E-state index < -0.39 is 0 Å². The first-order valence-electron chi connectivity index (χ1n) is 6.42. The van der Waals surface area contributed by atoms with Crippen LogP contribution in [0.5, 0.6) is 0 Å². The number of oxazole rings is 1. The Morgan fingerprint density at radius 2 is 2.15 bits per heavy atom. The zero-order valence-corrected chi connectivity index (χ0v) is 13.3. The number of hydrogen-bond acceptors (Lipinski definition) is 2. The second-order valence-electron chi connectivity index (χ2n) is 4.61. The van der Waals surface area contributed by atoms with Gasteiger partial charge < -0.3 is 4.42 Å². The van der Waals surface area contributed by atoms with Crippen LogP contribution in [0.25, 0.3) is 22.6 Å². The summed E-state index contributed by atoms with van der Waals surface area (Å²) in [6.07, 6.45) is 5.16. The van der Waals surface area contributed by atoms with Gasteiger partial charge in [-0.25, -0.2) is 9.55 Å². The van der Waals surface area contributed by atoms with E-state index in [1.165, 1.54) is 0 Å². The normalized spacial score (nSPS) is 11.2. The molecule has 1 aromatic carbocycles. The first kappa shape index (κ1) is 13.6. The molecule has 2 heterocycles. The van der Waals surface area contributed by atoms with E-state index >= 15 is 0 Å². The summed E-state index contributed by atoms with van der Waals surface area (Å²) in [5, 5.41) is 0.660. The highest BCUT2D eigenvalue weighted by Crippen LogP contribution is 2.26. The molecular formula is C15H13BrClN2O+. The van der Waals surface area contributed by atoms with Gasteiger partial charge in [-0.05, 0) is 40.2 Å². The minimum Gasteiger partial charge on any atom is -0.436 e. The maximum atomic E-state index is 5.97. The number of hydrogen-bond donors (Lipinski definition) is 0. The quantitative estimate of drug-likeness (QED) is 0.644. The van der Waals surface area contributed by atoms with Crippen molar-refractivity contribution in [3.8, 4) is 11.5 Å². The summed E-state index contributed by atoms with van der Waals surface area (Å²) in [7, 11) is 0. The van der Waals surface area contributed by atoms with Crippen LogP contribution in [0.4, 0.5) is 0 Å². The lowest BCUT2D eigenvalue weighted by atomic mass is 10.3. The third-order valence-electron chi connectivity index (χ3n) is 2.97. The Balaban J connectivity index is 2.10. The molecule has 3 aromatic rings. The van der Waals surface area contributed by atoms with E-state index in [0.29, 0.717) is 10.9 Å². The van der Waals surface area contributed by atoms with E-state index in [0.717, 1.165) is 34.1 Å². The summed E-state index contributed by atoms with van der Waals surface area (Å²) in [5.41, 5.74) is 2.46. The largest absolute Gasteiger partial charge is 0.436 e. The molecule has 0 saturated carbocycles. The summed E-state index contributed by atoms with van der Waals surface area (Å²) < 4.78 is 8.92. The maximum absolute atomic E-state index is 5.97. The molecular weight excluding hydrogens is 340 g/mol. The van der Waals surface area contributed by atoms with Crippen molar-refractivity contribution in [3.63, 3.8) is 0 Å². The van der Waals surface area contributed by atoms with Gasteiger partial charge in [0.1, 0.15) is 17.6 Å². The van der Waals surface area contributed by atoms with E-state index in [4.69, 9.17) is 16.0 Å². The first-order valence-corrected chi connectivity index (χ1v) is 7.59. The van der Waals surface area contributed by atoms with Gasteiger partial charge in [0, 0.05) is 11.4 Å². The Labute approximate surface area is 130 Å². The summed E-state index contributed by atoms with van der Waals surface area (Å²) in [6, 6.07) is 7.45. The van der Waals surface area contributed by atoms with E-state index in [-0.39, 0.29) is 0 Å². The van der Waals surface area contributed by atoms with E-state index in [1.54, 1.807) is 6.07 Å². The van der Waals surface area contributed by atoms with Crippen molar-refractivity contribution in [1.29, 1.82) is 0 Å². The molecule has 20 heavy (non-hydrogen) atoms.